The zero-order chi connectivity index (χ0) is 10.7. The smallest absolute Gasteiger partial charge is 0.208 e. The van der Waals surface area contributed by atoms with Gasteiger partial charge in [-0.25, -0.2) is 0 Å². The predicted octanol–water partition coefficient (Wildman–Crippen LogP) is 0.881. The van der Waals surface area contributed by atoms with E-state index < -0.39 is 6.04 Å². The number of hydrogen-bond acceptors (Lipinski definition) is 3. The molecule has 0 radical (unpaired) electrons. The van der Waals surface area contributed by atoms with E-state index in [9.17, 15) is 4.79 Å². The Balaban J connectivity index is 2.40. The van der Waals surface area contributed by atoms with E-state index in [1.807, 2.05) is 6.20 Å². The van der Waals surface area contributed by atoms with E-state index in [1.165, 1.54) is 11.1 Å². The van der Waals surface area contributed by atoms with E-state index in [0.717, 1.165) is 24.8 Å². The molecule has 4 heteroatoms. The van der Waals surface area contributed by atoms with Gasteiger partial charge in [0.05, 0.1) is 6.07 Å². The van der Waals surface area contributed by atoms with Crippen molar-refractivity contribution in [3.05, 3.63) is 29.1 Å². The molecule has 1 aliphatic rings. The molecule has 76 valence electrons. The number of aryl methyl sites for hydroxylation is 1. The van der Waals surface area contributed by atoms with Gasteiger partial charge in [-0.1, -0.05) is 0 Å². The van der Waals surface area contributed by atoms with Gasteiger partial charge >= 0.3 is 0 Å². The Morgan fingerprint density at radius 3 is 3.13 bits per heavy atom. The molecule has 2 rings (SSSR count). The van der Waals surface area contributed by atoms with E-state index >= 15 is 0 Å². The second-order valence-corrected chi connectivity index (χ2v) is 3.57. The van der Waals surface area contributed by atoms with E-state index in [4.69, 9.17) is 5.26 Å². The molecule has 1 heterocycles. The van der Waals surface area contributed by atoms with Crippen molar-refractivity contribution in [1.29, 1.82) is 5.26 Å². The highest BCUT2D eigenvalue weighted by Crippen LogP contribution is 2.27. The number of nitrogens with zero attached hydrogens (tertiary/aromatic N) is 2. The van der Waals surface area contributed by atoms with Crippen LogP contribution >= 0.6 is 0 Å². The van der Waals surface area contributed by atoms with Crippen LogP contribution in [0.15, 0.2) is 12.4 Å². The molecule has 0 aromatic carbocycles. The summed E-state index contributed by atoms with van der Waals surface area (Å²) in [6, 6.07) is 1.50. The van der Waals surface area contributed by atoms with Crippen LogP contribution in [-0.2, 0) is 17.6 Å². The molecular formula is C11H11N3O. The average Bonchev–Trinajstić information content (AvgIpc) is 2.73. The van der Waals surface area contributed by atoms with E-state index in [2.05, 4.69) is 16.4 Å². The van der Waals surface area contributed by atoms with Gasteiger partial charge in [0.1, 0.15) is 6.04 Å². The quantitative estimate of drug-likeness (QED) is 0.738. The van der Waals surface area contributed by atoms with Crippen LogP contribution in [0.1, 0.15) is 29.2 Å². The number of carbonyl (C=O) groups is 1. The first-order chi connectivity index (χ1) is 7.36. The molecule has 1 aromatic rings. The minimum absolute atomic E-state index is 0.558. The third-order valence-electron chi connectivity index (χ3n) is 2.73. The van der Waals surface area contributed by atoms with Crippen molar-refractivity contribution < 1.29 is 4.79 Å². The fourth-order valence-electron chi connectivity index (χ4n) is 2.04. The molecule has 0 saturated carbocycles. The van der Waals surface area contributed by atoms with Gasteiger partial charge in [-0.15, -0.1) is 0 Å². The molecule has 1 atom stereocenters. The number of nitriles is 1. The Labute approximate surface area is 87.9 Å². The third-order valence-corrected chi connectivity index (χ3v) is 2.73. The van der Waals surface area contributed by atoms with Crippen LogP contribution in [-0.4, -0.2) is 11.4 Å². The monoisotopic (exact) mass is 201 g/mol. The number of amides is 1. The maximum atomic E-state index is 10.4. The van der Waals surface area contributed by atoms with Crippen LogP contribution < -0.4 is 5.32 Å². The Morgan fingerprint density at radius 2 is 2.40 bits per heavy atom. The lowest BCUT2D eigenvalue weighted by molar-refractivity contribution is -0.109. The summed E-state index contributed by atoms with van der Waals surface area (Å²) in [6.07, 6.45) is 7.19. The second kappa shape index (κ2) is 4.09. The van der Waals surface area contributed by atoms with Crippen LogP contribution in [0.5, 0.6) is 0 Å². The SMILES string of the molecule is N#CC(NC=O)c1cncc2c1CCC2. The minimum atomic E-state index is -0.567. The van der Waals surface area contributed by atoms with Gasteiger partial charge in [-0.3, -0.25) is 9.78 Å². The van der Waals surface area contributed by atoms with Crippen LogP contribution in [0.4, 0.5) is 0 Å². The number of carbonyl (C=O) groups excluding carboxylic acids is 1. The van der Waals surface area contributed by atoms with Gasteiger partial charge in [0, 0.05) is 18.0 Å². The predicted molar refractivity (Wildman–Crippen MR) is 53.8 cm³/mol. The fraction of sp³-hybridized carbons (Fsp3) is 0.364. The standard InChI is InChI=1S/C11H11N3O/c12-4-11(14-7-15)10-6-13-5-8-2-1-3-9(8)10/h5-7,11H,1-3H2,(H,14,15). The lowest BCUT2D eigenvalue weighted by Gasteiger charge is -2.11. The van der Waals surface area contributed by atoms with Crippen molar-refractivity contribution >= 4 is 6.41 Å². The summed E-state index contributed by atoms with van der Waals surface area (Å²) in [6.45, 7) is 0. The van der Waals surface area contributed by atoms with Crippen molar-refractivity contribution in [2.45, 2.75) is 25.3 Å². The van der Waals surface area contributed by atoms with Gasteiger partial charge in [0.25, 0.3) is 0 Å². The number of pyridine rings is 1. The van der Waals surface area contributed by atoms with Crippen molar-refractivity contribution in [3.8, 4) is 6.07 Å². The summed E-state index contributed by atoms with van der Waals surface area (Å²) in [7, 11) is 0. The Hall–Kier alpha value is -1.89. The fourth-order valence-corrected chi connectivity index (χ4v) is 2.04. The van der Waals surface area contributed by atoms with Crippen molar-refractivity contribution in [3.63, 3.8) is 0 Å². The molecule has 0 bridgehead atoms. The molecule has 0 saturated heterocycles. The normalized spacial score (nSPS) is 15.1. The van der Waals surface area contributed by atoms with Gasteiger partial charge in [0.15, 0.2) is 0 Å². The molecule has 0 aliphatic heterocycles. The highest BCUT2D eigenvalue weighted by atomic mass is 16.1. The molecule has 1 unspecified atom stereocenters. The summed E-state index contributed by atoms with van der Waals surface area (Å²) in [5.41, 5.74) is 3.24. The molecule has 4 nitrogen and oxygen atoms in total. The van der Waals surface area contributed by atoms with Gasteiger partial charge < -0.3 is 5.32 Å². The number of hydrogen-bond donors (Lipinski definition) is 1. The van der Waals surface area contributed by atoms with Crippen LogP contribution in [0.2, 0.25) is 0 Å². The Bertz CT molecular complexity index is 422. The zero-order valence-electron chi connectivity index (χ0n) is 8.23. The number of aromatic nitrogens is 1. The topological polar surface area (TPSA) is 65.8 Å². The molecule has 15 heavy (non-hydrogen) atoms. The number of rotatable bonds is 3. The average molecular weight is 201 g/mol. The molecule has 0 fully saturated rings. The molecular weight excluding hydrogens is 190 g/mol. The maximum Gasteiger partial charge on any atom is 0.208 e. The molecule has 1 N–H and O–H groups in total. The first-order valence-corrected chi connectivity index (χ1v) is 4.91. The van der Waals surface area contributed by atoms with Crippen LogP contribution in [0.25, 0.3) is 0 Å². The van der Waals surface area contributed by atoms with Crippen molar-refractivity contribution in [2.75, 3.05) is 0 Å². The van der Waals surface area contributed by atoms with E-state index in [1.54, 1.807) is 6.20 Å². The number of fused-ring (bicyclic) bond motifs is 1. The summed E-state index contributed by atoms with van der Waals surface area (Å²) >= 11 is 0. The first kappa shape index (κ1) is 9.66. The zero-order valence-corrected chi connectivity index (χ0v) is 8.23. The molecule has 1 aromatic heterocycles. The highest BCUT2D eigenvalue weighted by Gasteiger charge is 2.20. The molecule has 0 spiro atoms. The van der Waals surface area contributed by atoms with E-state index in [-0.39, 0.29) is 0 Å². The van der Waals surface area contributed by atoms with Crippen molar-refractivity contribution in [1.82, 2.24) is 10.3 Å². The minimum Gasteiger partial charge on any atom is -0.339 e. The summed E-state index contributed by atoms with van der Waals surface area (Å²) in [5.74, 6) is 0. The lowest BCUT2D eigenvalue weighted by Crippen LogP contribution is -2.19. The van der Waals surface area contributed by atoms with E-state index in [0.29, 0.717) is 6.41 Å². The Morgan fingerprint density at radius 1 is 1.53 bits per heavy atom. The molecule has 1 amide bonds. The molecule has 1 aliphatic carbocycles. The van der Waals surface area contributed by atoms with Gasteiger partial charge in [-0.05, 0) is 30.4 Å². The van der Waals surface area contributed by atoms with Gasteiger partial charge in [0.2, 0.25) is 6.41 Å². The van der Waals surface area contributed by atoms with Crippen molar-refractivity contribution in [2.24, 2.45) is 0 Å². The maximum absolute atomic E-state index is 10.4. The summed E-state index contributed by atoms with van der Waals surface area (Å²) in [5, 5.41) is 11.4. The Kier molecular flexibility index (Phi) is 2.64. The van der Waals surface area contributed by atoms with Crippen LogP contribution in [0, 0.1) is 11.3 Å². The second-order valence-electron chi connectivity index (χ2n) is 3.57. The third kappa shape index (κ3) is 1.68. The summed E-state index contributed by atoms with van der Waals surface area (Å²) in [4.78, 5) is 14.5. The lowest BCUT2D eigenvalue weighted by atomic mass is 10.0. The number of nitrogens with one attached hydrogen (secondary N) is 1. The van der Waals surface area contributed by atoms with Gasteiger partial charge in [-0.2, -0.15) is 5.26 Å². The summed E-state index contributed by atoms with van der Waals surface area (Å²) < 4.78 is 0. The largest absolute Gasteiger partial charge is 0.339 e. The van der Waals surface area contributed by atoms with Crippen LogP contribution in [0.3, 0.4) is 0 Å². The highest BCUT2D eigenvalue weighted by molar-refractivity contribution is 5.50. The first-order valence-electron chi connectivity index (χ1n) is 4.91.